The number of benzene rings is 1. The van der Waals surface area contributed by atoms with Crippen LogP contribution in [0.4, 0.5) is 0 Å². The number of carbonyl (C=O) groups is 4. The smallest absolute Gasteiger partial charge is 0.266 e. The van der Waals surface area contributed by atoms with Crippen LogP contribution < -0.4 is 15.8 Å². The number of piperidine rings is 1. The van der Waals surface area contributed by atoms with Crippen molar-refractivity contribution in [2.45, 2.75) is 44.9 Å². The third-order valence-electron chi connectivity index (χ3n) is 6.38. The second-order valence-electron chi connectivity index (χ2n) is 9.49. The van der Waals surface area contributed by atoms with Crippen LogP contribution in [0.5, 0.6) is 5.75 Å². The van der Waals surface area contributed by atoms with E-state index in [1.807, 2.05) is 6.20 Å². The summed E-state index contributed by atoms with van der Waals surface area (Å²) in [5, 5.41) is 10.3. The van der Waals surface area contributed by atoms with Crippen molar-refractivity contribution in [3.8, 4) is 5.75 Å². The number of allylic oxidation sites excluding steroid dienone is 1. The van der Waals surface area contributed by atoms with E-state index >= 15 is 0 Å². The van der Waals surface area contributed by atoms with Crippen LogP contribution >= 0.6 is 0 Å². The third kappa shape index (κ3) is 7.96. The van der Waals surface area contributed by atoms with Crippen LogP contribution in [-0.4, -0.2) is 89.2 Å². The van der Waals surface area contributed by atoms with Crippen LogP contribution in [0.1, 0.15) is 52.1 Å². The molecule has 4 rings (SSSR count). The van der Waals surface area contributed by atoms with Gasteiger partial charge in [-0.3, -0.25) is 34.1 Å². The monoisotopic (exact) mass is 570 g/mol. The van der Waals surface area contributed by atoms with E-state index in [0.29, 0.717) is 45.3 Å². The molecule has 1 fully saturated rings. The molecule has 0 spiro atoms. The highest BCUT2D eigenvalue weighted by molar-refractivity contribution is 6.24. The predicted octanol–water partition coefficient (Wildman–Crippen LogP) is 0.561. The van der Waals surface area contributed by atoms with Crippen molar-refractivity contribution in [2.75, 3.05) is 39.6 Å². The zero-order valence-corrected chi connectivity index (χ0v) is 22.7. The van der Waals surface area contributed by atoms with Gasteiger partial charge in [-0.1, -0.05) is 17.9 Å². The Balaban J connectivity index is 1.08. The number of amides is 4. The van der Waals surface area contributed by atoms with Crippen LogP contribution in [0.2, 0.25) is 0 Å². The average Bonchev–Trinajstić information content (AvgIpc) is 3.49. The van der Waals surface area contributed by atoms with Crippen LogP contribution in [0.15, 0.2) is 36.7 Å². The van der Waals surface area contributed by atoms with Crippen molar-refractivity contribution in [1.82, 2.24) is 25.2 Å². The Bertz CT molecular complexity index is 1280. The third-order valence-corrected chi connectivity index (χ3v) is 6.38. The first kappa shape index (κ1) is 29.8. The fourth-order valence-electron chi connectivity index (χ4n) is 4.41. The molecule has 1 saturated heterocycles. The van der Waals surface area contributed by atoms with Gasteiger partial charge in [0.15, 0.2) is 0 Å². The van der Waals surface area contributed by atoms with Gasteiger partial charge in [0.1, 0.15) is 24.1 Å². The van der Waals surface area contributed by atoms with E-state index in [2.05, 4.69) is 22.2 Å². The Morgan fingerprint density at radius 2 is 1.76 bits per heavy atom. The number of ether oxygens (including phenoxy) is 4. The van der Waals surface area contributed by atoms with Crippen LogP contribution in [0, 0.1) is 0 Å². The van der Waals surface area contributed by atoms with Crippen molar-refractivity contribution < 1.29 is 38.1 Å². The number of carbonyl (C=O) groups excluding carboxylic acids is 4. The molecule has 14 nitrogen and oxygen atoms in total. The second-order valence-corrected chi connectivity index (χ2v) is 9.49. The largest absolute Gasteiger partial charge is 0.490 e. The number of aryl methyl sites for hydroxylation is 1. The fraction of sp³-hybridized carbons (Fsp3) is 0.481. The molecule has 41 heavy (non-hydrogen) atoms. The lowest BCUT2D eigenvalue weighted by atomic mass is 10.0. The maximum absolute atomic E-state index is 13.1. The summed E-state index contributed by atoms with van der Waals surface area (Å²) < 4.78 is 24.0. The fourth-order valence-corrected chi connectivity index (χ4v) is 4.41. The zero-order valence-electron chi connectivity index (χ0n) is 22.7. The highest BCUT2D eigenvalue weighted by Crippen LogP contribution is 2.33. The summed E-state index contributed by atoms with van der Waals surface area (Å²) >= 11 is 0. The van der Waals surface area contributed by atoms with Gasteiger partial charge in [-0.25, -0.2) is 0 Å². The number of nitrogens with one attached hydrogen (secondary N) is 1. The molecule has 1 unspecified atom stereocenters. The van der Waals surface area contributed by atoms with E-state index in [1.165, 1.54) is 6.07 Å². The molecule has 0 saturated carbocycles. The Morgan fingerprint density at radius 1 is 1.02 bits per heavy atom. The van der Waals surface area contributed by atoms with Gasteiger partial charge in [0.05, 0.1) is 57.0 Å². The standard InChI is InChI=1S/C27H34N6O8/c1-18(28)4-3-9-32-16-19(30-31-32)17-40-13-12-38-10-11-39-14-15-41-22-6-2-5-20-24(22)27(37)33(26(20)36)21-7-8-23(34)29-25(21)35/h2,5-6,16,21H,1,3-4,7-15,17,28H2,(H,29,34,35). The van der Waals surface area contributed by atoms with Crippen molar-refractivity contribution >= 4 is 23.6 Å². The summed E-state index contributed by atoms with van der Waals surface area (Å²) in [5.74, 6) is -2.06. The Labute approximate surface area is 236 Å². The molecule has 1 aromatic carbocycles. The van der Waals surface area contributed by atoms with Crippen molar-refractivity contribution in [3.05, 3.63) is 53.5 Å². The number of nitrogens with zero attached hydrogens (tertiary/aromatic N) is 4. The molecule has 1 aromatic heterocycles. The highest BCUT2D eigenvalue weighted by atomic mass is 16.6. The van der Waals surface area contributed by atoms with E-state index in [-0.39, 0.29) is 42.9 Å². The van der Waals surface area contributed by atoms with E-state index in [1.54, 1.807) is 16.8 Å². The second kappa shape index (κ2) is 14.5. The molecule has 0 bridgehead atoms. The quantitative estimate of drug-likeness (QED) is 0.201. The van der Waals surface area contributed by atoms with Gasteiger partial charge in [-0.05, 0) is 31.4 Å². The SMILES string of the molecule is C=C(N)CCCn1cc(COCCOCCOCCOc2cccc3c2C(=O)N(C2CCC(=O)NC2=O)C3=O)nn1. The molecule has 220 valence electrons. The Hall–Kier alpha value is -4.14. The number of hydrogen-bond donors (Lipinski definition) is 2. The first-order valence-corrected chi connectivity index (χ1v) is 13.4. The maximum atomic E-state index is 13.1. The lowest BCUT2D eigenvalue weighted by molar-refractivity contribution is -0.136. The van der Waals surface area contributed by atoms with Crippen molar-refractivity contribution in [1.29, 1.82) is 0 Å². The number of rotatable bonds is 17. The molecule has 3 heterocycles. The topological polar surface area (TPSA) is 177 Å². The molecule has 2 aliphatic rings. The van der Waals surface area contributed by atoms with Gasteiger partial charge in [0.25, 0.3) is 11.8 Å². The zero-order chi connectivity index (χ0) is 29.2. The molecule has 2 aliphatic heterocycles. The van der Waals surface area contributed by atoms with Gasteiger partial charge in [-0.15, -0.1) is 5.10 Å². The molecule has 0 aliphatic carbocycles. The molecule has 14 heteroatoms. The van der Waals surface area contributed by atoms with Gasteiger partial charge in [0.2, 0.25) is 11.8 Å². The van der Waals surface area contributed by atoms with E-state index < -0.39 is 29.7 Å². The first-order valence-electron chi connectivity index (χ1n) is 13.4. The summed E-state index contributed by atoms with van der Waals surface area (Å²) in [6.45, 7) is 6.58. The number of nitrogens with two attached hydrogens (primary N) is 1. The number of aromatic nitrogens is 3. The molecule has 3 N–H and O–H groups in total. The Morgan fingerprint density at radius 3 is 2.49 bits per heavy atom. The number of hydrogen-bond acceptors (Lipinski definition) is 11. The summed E-state index contributed by atoms with van der Waals surface area (Å²) in [7, 11) is 0. The predicted molar refractivity (Wildman–Crippen MR) is 142 cm³/mol. The van der Waals surface area contributed by atoms with Crippen LogP contribution in [0.3, 0.4) is 0 Å². The summed E-state index contributed by atoms with van der Waals surface area (Å²) in [5.41, 5.74) is 7.21. The van der Waals surface area contributed by atoms with Gasteiger partial charge < -0.3 is 24.7 Å². The van der Waals surface area contributed by atoms with Gasteiger partial charge >= 0.3 is 0 Å². The molecule has 2 aromatic rings. The van der Waals surface area contributed by atoms with E-state index in [0.717, 1.165) is 23.4 Å². The van der Waals surface area contributed by atoms with E-state index in [4.69, 9.17) is 24.7 Å². The molecule has 4 amide bonds. The lowest BCUT2D eigenvalue weighted by Crippen LogP contribution is -2.54. The first-order chi connectivity index (χ1) is 19.8. The minimum absolute atomic E-state index is 0.0545. The summed E-state index contributed by atoms with van der Waals surface area (Å²) in [6.07, 6.45) is 3.57. The van der Waals surface area contributed by atoms with Crippen molar-refractivity contribution in [3.63, 3.8) is 0 Å². The van der Waals surface area contributed by atoms with Gasteiger partial charge in [-0.2, -0.15) is 0 Å². The minimum atomic E-state index is -1.03. The van der Waals surface area contributed by atoms with Crippen molar-refractivity contribution in [2.24, 2.45) is 5.73 Å². The van der Waals surface area contributed by atoms with Crippen LogP contribution in [-0.2, 0) is 37.0 Å². The van der Waals surface area contributed by atoms with Gasteiger partial charge in [0, 0.05) is 18.7 Å². The molecule has 1 atom stereocenters. The number of fused-ring (bicyclic) bond motifs is 1. The minimum Gasteiger partial charge on any atom is -0.490 e. The number of imide groups is 2. The maximum Gasteiger partial charge on any atom is 0.266 e. The van der Waals surface area contributed by atoms with Crippen LogP contribution in [0.25, 0.3) is 0 Å². The Kier molecular flexibility index (Phi) is 10.5. The van der Waals surface area contributed by atoms with E-state index in [9.17, 15) is 19.2 Å². The average molecular weight is 571 g/mol. The highest BCUT2D eigenvalue weighted by Gasteiger charge is 2.45. The molecular formula is C27H34N6O8. The lowest BCUT2D eigenvalue weighted by Gasteiger charge is -2.27. The summed E-state index contributed by atoms with van der Waals surface area (Å²) in [6, 6.07) is 3.67. The molecular weight excluding hydrogens is 536 g/mol. The summed E-state index contributed by atoms with van der Waals surface area (Å²) in [4.78, 5) is 50.5. The normalized spacial score (nSPS) is 16.7. The molecule has 0 radical (unpaired) electrons.